The van der Waals surface area contributed by atoms with Crippen molar-refractivity contribution in [2.75, 3.05) is 13.7 Å². The molecule has 6 nitrogen and oxygen atoms in total. The fraction of sp³-hybridized carbons (Fsp3) is 0.611. The van der Waals surface area contributed by atoms with Crippen molar-refractivity contribution >= 4 is 5.78 Å². The molecule has 2 spiro atoms. The Labute approximate surface area is 138 Å². The molecule has 7 atom stereocenters. The van der Waals surface area contributed by atoms with Crippen LogP contribution in [-0.4, -0.2) is 57.4 Å². The molecule has 0 amide bonds. The van der Waals surface area contributed by atoms with E-state index in [1.54, 1.807) is 0 Å². The number of carbonyl (C=O) groups excluding carboxylic acids is 1. The minimum Gasteiger partial charge on any atom is -0.504 e. The van der Waals surface area contributed by atoms with Crippen LogP contribution in [0.4, 0.5) is 0 Å². The Morgan fingerprint density at radius 3 is 2.79 bits per heavy atom. The Hall–Kier alpha value is -1.63. The van der Waals surface area contributed by atoms with Crippen LogP contribution >= 0.6 is 0 Å². The van der Waals surface area contributed by atoms with Gasteiger partial charge in [-0.05, 0) is 25.1 Å². The van der Waals surface area contributed by atoms with Gasteiger partial charge in [0.05, 0.1) is 29.9 Å². The van der Waals surface area contributed by atoms with Gasteiger partial charge in [0.15, 0.2) is 11.5 Å². The zero-order valence-electron chi connectivity index (χ0n) is 13.3. The predicted molar refractivity (Wildman–Crippen MR) is 81.7 cm³/mol. The number of ketones is 1. The molecular weight excluding hydrogens is 310 g/mol. The topological polar surface area (TPSA) is 93.3 Å². The summed E-state index contributed by atoms with van der Waals surface area (Å²) in [5, 5.41) is 32.6. The maximum Gasteiger partial charge on any atom is 0.161 e. The third-order valence-corrected chi connectivity index (χ3v) is 7.58. The Morgan fingerprint density at radius 2 is 2.08 bits per heavy atom. The lowest BCUT2D eigenvalue weighted by atomic mass is 9.55. The highest BCUT2D eigenvalue weighted by Gasteiger charge is 2.89. The predicted octanol–water partition coefficient (Wildman–Crippen LogP) is 0.371. The van der Waals surface area contributed by atoms with Crippen molar-refractivity contribution in [3.63, 3.8) is 0 Å². The Morgan fingerprint density at radius 1 is 1.33 bits per heavy atom. The molecule has 1 aromatic carbocycles. The smallest absolute Gasteiger partial charge is 0.161 e. The van der Waals surface area contributed by atoms with E-state index in [2.05, 4.69) is 4.90 Å². The maximum atomic E-state index is 12.6. The van der Waals surface area contributed by atoms with Gasteiger partial charge in [0.2, 0.25) is 0 Å². The number of hydrogen-bond donors (Lipinski definition) is 3. The average Bonchev–Trinajstić information content (AvgIpc) is 3.40. The molecule has 2 bridgehead atoms. The van der Waals surface area contributed by atoms with E-state index in [1.165, 1.54) is 6.07 Å². The van der Waals surface area contributed by atoms with Gasteiger partial charge in [0.1, 0.15) is 5.78 Å². The van der Waals surface area contributed by atoms with Crippen LogP contribution in [0.25, 0.3) is 0 Å². The fourth-order valence-corrected chi connectivity index (χ4v) is 6.72. The number of likely N-dealkylation sites (tertiary alicyclic amines) is 1. The SMILES string of the molecule is CN1C2C13CC1(CC(=O)CC(C4CO4)C21O)c1c3ccc(O)c1O. The second-order valence-corrected chi connectivity index (χ2v) is 8.28. The number of ether oxygens (including phenoxy) is 1. The van der Waals surface area contributed by atoms with Crippen molar-refractivity contribution in [2.24, 2.45) is 5.92 Å². The summed E-state index contributed by atoms with van der Waals surface area (Å²) in [7, 11) is 1.99. The van der Waals surface area contributed by atoms with Crippen LogP contribution < -0.4 is 0 Å². The highest BCUT2D eigenvalue weighted by Crippen LogP contribution is 2.80. The van der Waals surface area contributed by atoms with Crippen molar-refractivity contribution in [3.8, 4) is 11.5 Å². The first-order valence-electron chi connectivity index (χ1n) is 8.52. The summed E-state index contributed by atoms with van der Waals surface area (Å²) in [5.74, 6) is -0.501. The van der Waals surface area contributed by atoms with Crippen molar-refractivity contribution in [1.82, 2.24) is 4.90 Å². The lowest BCUT2D eigenvalue weighted by molar-refractivity contribution is -0.149. The van der Waals surface area contributed by atoms with Gasteiger partial charge >= 0.3 is 0 Å². The molecule has 2 saturated heterocycles. The number of hydrogen-bond acceptors (Lipinski definition) is 6. The Kier molecular flexibility index (Phi) is 1.99. The van der Waals surface area contributed by atoms with Crippen LogP contribution in [0.3, 0.4) is 0 Å². The molecular formula is C18H19NO5. The zero-order chi connectivity index (χ0) is 16.6. The van der Waals surface area contributed by atoms with Crippen molar-refractivity contribution in [3.05, 3.63) is 23.3 Å². The number of carbonyl (C=O) groups is 1. The molecule has 2 saturated carbocycles. The molecule has 126 valence electrons. The fourth-order valence-electron chi connectivity index (χ4n) is 6.72. The molecule has 3 aliphatic carbocycles. The van der Waals surface area contributed by atoms with Gasteiger partial charge in [-0.25, -0.2) is 0 Å². The number of piperidine rings is 1. The summed E-state index contributed by atoms with van der Waals surface area (Å²) in [6.07, 6.45) is 1.10. The minimum absolute atomic E-state index is 0.0521. The van der Waals surface area contributed by atoms with E-state index in [9.17, 15) is 20.1 Å². The minimum atomic E-state index is -1.10. The van der Waals surface area contributed by atoms with Crippen molar-refractivity contribution < 1.29 is 24.9 Å². The van der Waals surface area contributed by atoms with Gasteiger partial charge in [0, 0.05) is 29.7 Å². The second-order valence-electron chi connectivity index (χ2n) is 8.28. The Bertz CT molecular complexity index is 835. The summed E-state index contributed by atoms with van der Waals surface area (Å²) in [6, 6.07) is 3.30. The van der Waals surface area contributed by atoms with Gasteiger partial charge < -0.3 is 20.1 Å². The van der Waals surface area contributed by atoms with E-state index in [1.807, 2.05) is 13.1 Å². The molecule has 0 aromatic heterocycles. The van der Waals surface area contributed by atoms with Crippen molar-refractivity contribution in [1.29, 1.82) is 0 Å². The molecule has 2 heterocycles. The van der Waals surface area contributed by atoms with E-state index in [0.29, 0.717) is 25.0 Å². The van der Waals surface area contributed by atoms with Crippen LogP contribution in [0, 0.1) is 5.92 Å². The first-order valence-corrected chi connectivity index (χ1v) is 8.52. The van der Waals surface area contributed by atoms with E-state index in [-0.39, 0.29) is 47.3 Å². The molecule has 3 N–H and O–H groups in total. The summed E-state index contributed by atoms with van der Waals surface area (Å²) < 4.78 is 5.47. The summed E-state index contributed by atoms with van der Waals surface area (Å²) in [4.78, 5) is 14.7. The quantitative estimate of drug-likeness (QED) is 0.509. The van der Waals surface area contributed by atoms with Gasteiger partial charge in [-0.15, -0.1) is 0 Å². The third-order valence-electron chi connectivity index (χ3n) is 7.58. The largest absolute Gasteiger partial charge is 0.504 e. The van der Waals surface area contributed by atoms with E-state index in [4.69, 9.17) is 4.74 Å². The van der Waals surface area contributed by atoms with Crippen LogP contribution in [0.5, 0.6) is 11.5 Å². The number of aliphatic hydroxyl groups is 1. The summed E-state index contributed by atoms with van der Waals surface area (Å²) >= 11 is 0. The number of rotatable bonds is 1. The molecule has 7 unspecified atom stereocenters. The molecule has 24 heavy (non-hydrogen) atoms. The van der Waals surface area contributed by atoms with Crippen LogP contribution in [0.15, 0.2) is 12.1 Å². The summed E-state index contributed by atoms with van der Waals surface area (Å²) in [5.41, 5.74) is -0.694. The van der Waals surface area contributed by atoms with E-state index in [0.717, 1.165) is 5.56 Å². The number of phenolic OH excluding ortho intramolecular Hbond substituents is 2. The Balaban J connectivity index is 1.68. The molecule has 6 heteroatoms. The molecule has 1 aromatic rings. The maximum absolute atomic E-state index is 12.6. The molecule has 4 fully saturated rings. The second kappa shape index (κ2) is 3.49. The van der Waals surface area contributed by atoms with Gasteiger partial charge in [-0.1, -0.05) is 6.07 Å². The first kappa shape index (κ1) is 13.6. The third kappa shape index (κ3) is 1.07. The van der Waals surface area contributed by atoms with Gasteiger partial charge in [0.25, 0.3) is 0 Å². The number of benzene rings is 1. The first-order chi connectivity index (χ1) is 11.4. The molecule has 2 aliphatic heterocycles. The zero-order valence-corrected chi connectivity index (χ0v) is 13.3. The van der Waals surface area contributed by atoms with Crippen molar-refractivity contribution in [2.45, 2.75) is 48.0 Å². The lowest BCUT2D eigenvalue weighted by Gasteiger charge is -2.51. The van der Waals surface area contributed by atoms with Crippen LogP contribution in [-0.2, 0) is 20.5 Å². The number of nitrogens with zero attached hydrogens (tertiary/aromatic N) is 1. The molecule has 5 aliphatic rings. The summed E-state index contributed by atoms with van der Waals surface area (Å²) in [6.45, 7) is 0.582. The number of fused-ring (bicyclic) bond motifs is 2. The van der Waals surface area contributed by atoms with Gasteiger partial charge in [-0.2, -0.15) is 0 Å². The number of phenols is 2. The monoisotopic (exact) mass is 329 g/mol. The number of epoxide rings is 1. The number of aromatic hydroxyl groups is 2. The van der Waals surface area contributed by atoms with E-state index < -0.39 is 11.0 Å². The number of Topliss-reactive ketones (excluding diaryl/α,β-unsaturated/α-hetero) is 1. The molecule has 6 rings (SSSR count). The van der Waals surface area contributed by atoms with E-state index >= 15 is 0 Å². The van der Waals surface area contributed by atoms with Crippen LogP contribution in [0.2, 0.25) is 0 Å². The van der Waals surface area contributed by atoms with Gasteiger partial charge in [-0.3, -0.25) is 9.69 Å². The normalized spacial score (nSPS) is 52.7. The van der Waals surface area contributed by atoms with Crippen LogP contribution in [0.1, 0.15) is 30.4 Å². The lowest BCUT2D eigenvalue weighted by Crippen LogP contribution is -2.64. The molecule has 0 radical (unpaired) electrons. The highest BCUT2D eigenvalue weighted by molar-refractivity contribution is 5.86. The highest BCUT2D eigenvalue weighted by atomic mass is 16.6. The standard InChI is InChI=1S/C18H19NO5/c1-19-15-17(19)7-16(13-9(17)2-3-11(21)14(13)22)5-8(20)4-10(12-6-24-12)18(15,16)23/h2-3,10,12,15,21-23H,4-7H2,1H3. The number of likely N-dealkylation sites (N-methyl/N-ethyl adjacent to an activating group) is 1. The average molecular weight is 329 g/mol.